The lowest BCUT2D eigenvalue weighted by Gasteiger charge is -2.31. The van der Waals surface area contributed by atoms with Crippen molar-refractivity contribution in [1.82, 2.24) is 39.2 Å². The smallest absolute Gasteiger partial charge is 0.306 e. The molecular weight excluding hydrogens is 1240 g/mol. The molecular formula is C79H120F2N8O9. The zero-order valence-corrected chi connectivity index (χ0v) is 59.4. The van der Waals surface area contributed by atoms with Crippen LogP contribution < -0.4 is 11.1 Å². The molecule has 6 aromatic rings. The maximum atomic E-state index is 13.6. The molecule has 544 valence electrons. The Bertz CT molecular complexity index is 3460. The first kappa shape index (κ1) is 79.1. The number of aryl methyl sites for hydroxylation is 2. The number of aromatic nitrogens is 6. The van der Waals surface area contributed by atoms with E-state index in [2.05, 4.69) is 38.9 Å². The lowest BCUT2D eigenvalue weighted by molar-refractivity contribution is -0.151. The second kappa shape index (κ2) is 42.8. The molecule has 0 aliphatic carbocycles. The summed E-state index contributed by atoms with van der Waals surface area (Å²) >= 11 is 0. The fourth-order valence-electron chi connectivity index (χ4n) is 14.8. The molecule has 8 heterocycles. The molecule has 0 saturated carbocycles. The number of esters is 1. The fraction of sp³-hybridized carbons (Fsp3) is 0.696. The van der Waals surface area contributed by atoms with Crippen molar-refractivity contribution >= 4 is 33.9 Å². The summed E-state index contributed by atoms with van der Waals surface area (Å²) in [5, 5.41) is 28.9. The van der Waals surface area contributed by atoms with E-state index in [1.165, 1.54) is 166 Å². The number of hydrogen-bond donors (Lipinski definition) is 2. The van der Waals surface area contributed by atoms with E-state index in [-0.39, 0.29) is 42.1 Å². The van der Waals surface area contributed by atoms with Crippen molar-refractivity contribution in [2.24, 2.45) is 0 Å². The van der Waals surface area contributed by atoms with E-state index in [0.29, 0.717) is 80.3 Å². The van der Waals surface area contributed by atoms with Gasteiger partial charge in [0, 0.05) is 96.3 Å². The maximum Gasteiger partial charge on any atom is 0.306 e. The average Bonchev–Trinajstić information content (AvgIpc) is 0.843. The van der Waals surface area contributed by atoms with Crippen LogP contribution in [-0.4, -0.2) is 101 Å². The Kier molecular flexibility index (Phi) is 34.6. The van der Waals surface area contributed by atoms with Crippen molar-refractivity contribution < 1.29 is 42.4 Å². The van der Waals surface area contributed by atoms with Crippen molar-refractivity contribution in [2.45, 2.75) is 316 Å². The first-order valence-corrected chi connectivity index (χ1v) is 38.1. The Labute approximate surface area is 582 Å². The fourth-order valence-corrected chi connectivity index (χ4v) is 14.8. The van der Waals surface area contributed by atoms with Gasteiger partial charge in [-0.1, -0.05) is 186 Å². The first-order valence-electron chi connectivity index (χ1n) is 38.1. The number of hydrogen-bond acceptors (Lipinski definition) is 14. The van der Waals surface area contributed by atoms with E-state index in [1.807, 2.05) is 13.8 Å². The summed E-state index contributed by atoms with van der Waals surface area (Å²) in [7, 11) is 0. The third-order valence-corrected chi connectivity index (χ3v) is 20.8. The Morgan fingerprint density at radius 3 is 1.32 bits per heavy atom. The van der Waals surface area contributed by atoms with Crippen LogP contribution in [0.5, 0.6) is 0 Å². The number of nitrogens with zero attached hydrogens (tertiary/aromatic N) is 8. The van der Waals surface area contributed by atoms with E-state index < -0.39 is 18.2 Å². The highest BCUT2D eigenvalue weighted by atomic mass is 19.1. The van der Waals surface area contributed by atoms with Crippen LogP contribution in [-0.2, 0) is 40.3 Å². The predicted molar refractivity (Wildman–Crippen MR) is 386 cm³/mol. The minimum absolute atomic E-state index is 0. The van der Waals surface area contributed by atoms with Crippen LogP contribution in [0.3, 0.4) is 0 Å². The Morgan fingerprint density at radius 2 is 0.898 bits per heavy atom. The third kappa shape index (κ3) is 24.6. The van der Waals surface area contributed by atoms with Gasteiger partial charge in [0.05, 0.1) is 11.4 Å². The number of carboxylic acids is 1. The van der Waals surface area contributed by atoms with Crippen LogP contribution >= 0.6 is 0 Å². The molecule has 2 atom stereocenters. The molecule has 2 aromatic carbocycles. The normalized spacial score (nSPS) is 16.8. The number of carbonyl (C=O) groups is 2. The van der Waals surface area contributed by atoms with Gasteiger partial charge in [-0.25, -0.2) is 18.7 Å². The molecule has 17 nitrogen and oxygen atoms in total. The number of aliphatic hydroxyl groups excluding tert-OH is 1. The molecule has 0 bridgehead atoms. The van der Waals surface area contributed by atoms with Crippen LogP contribution in [0.15, 0.2) is 55.0 Å². The highest BCUT2D eigenvalue weighted by molar-refractivity contribution is 5.80. The number of halogens is 2. The van der Waals surface area contributed by atoms with Gasteiger partial charge >= 0.3 is 11.9 Å². The number of benzene rings is 2. The van der Waals surface area contributed by atoms with Gasteiger partial charge in [-0.2, -0.15) is 0 Å². The number of unbranched alkanes of at least 4 members (excludes halogenated alkanes) is 24. The number of piperidine rings is 2. The molecule has 4 aromatic heterocycles. The van der Waals surface area contributed by atoms with Gasteiger partial charge in [0.2, 0.25) is 0 Å². The Balaban J connectivity index is 0.000000231. The summed E-state index contributed by atoms with van der Waals surface area (Å²) in [6.07, 6.45) is 41.2. The Morgan fingerprint density at radius 1 is 0.520 bits per heavy atom. The van der Waals surface area contributed by atoms with Gasteiger partial charge in [-0.3, -0.25) is 28.3 Å². The molecule has 4 aliphatic rings. The summed E-state index contributed by atoms with van der Waals surface area (Å²) in [6, 6.07) is 9.19. The predicted octanol–water partition coefficient (Wildman–Crippen LogP) is 18.4. The molecule has 0 spiro atoms. The zero-order chi connectivity index (χ0) is 68.7. The first-order chi connectivity index (χ1) is 47.2. The number of fused-ring (bicyclic) bond motifs is 4. The molecule has 2 unspecified atom stereocenters. The van der Waals surface area contributed by atoms with Crippen LogP contribution in [0.4, 0.5) is 8.78 Å². The van der Waals surface area contributed by atoms with Gasteiger partial charge in [-0.05, 0) is 141 Å². The minimum atomic E-state index is -0.655. The van der Waals surface area contributed by atoms with Crippen LogP contribution in [0, 0.1) is 25.5 Å². The summed E-state index contributed by atoms with van der Waals surface area (Å²) in [4.78, 5) is 63.8. The number of carboxylic acid groups (broad SMARTS) is 1. The van der Waals surface area contributed by atoms with E-state index >= 15 is 0 Å². The largest absolute Gasteiger partial charge is 0.481 e. The number of aliphatic carboxylic acids is 1. The maximum absolute atomic E-state index is 13.6. The number of likely N-dealkylation sites (tertiary alicyclic amines) is 2. The van der Waals surface area contributed by atoms with Gasteiger partial charge in [0.25, 0.3) is 11.1 Å². The molecule has 2 fully saturated rings. The van der Waals surface area contributed by atoms with E-state index in [0.717, 1.165) is 148 Å². The average molecular weight is 1360 g/mol. The highest BCUT2D eigenvalue weighted by Gasteiger charge is 2.31. The van der Waals surface area contributed by atoms with Crippen molar-refractivity contribution in [2.75, 3.05) is 39.3 Å². The van der Waals surface area contributed by atoms with E-state index in [4.69, 9.17) is 23.9 Å². The summed E-state index contributed by atoms with van der Waals surface area (Å²) in [5.74, 6) is 0.212. The molecule has 2 saturated heterocycles. The number of carbonyl (C=O) groups excluding carboxylic acids is 1. The number of aliphatic hydroxyl groups is 1. The van der Waals surface area contributed by atoms with E-state index in [9.17, 15) is 33.1 Å². The zero-order valence-electron chi connectivity index (χ0n) is 59.4. The van der Waals surface area contributed by atoms with Gasteiger partial charge in [0.15, 0.2) is 23.1 Å². The van der Waals surface area contributed by atoms with Crippen molar-refractivity contribution in [3.63, 3.8) is 0 Å². The molecule has 2 N–H and O–H groups in total. The minimum Gasteiger partial charge on any atom is -0.481 e. The molecule has 10 rings (SSSR count). The number of ether oxygens (including phenoxy) is 1. The summed E-state index contributed by atoms with van der Waals surface area (Å²) in [5.41, 5.74) is 5.80. The second-order valence-corrected chi connectivity index (χ2v) is 28.3. The molecule has 98 heavy (non-hydrogen) atoms. The van der Waals surface area contributed by atoms with E-state index in [1.54, 1.807) is 21.3 Å². The monoisotopic (exact) mass is 1360 g/mol. The Hall–Kier alpha value is -6.18. The SMILES string of the molecule is C.CCCCCCCCCCCCCCCC(=O)O.CCCCCCCCCCCCCCCC(=O)OC1CCCn2c1nc(C)c(CCN1CCC(c3noc4cc(F)ccc34)CC1)c2=O.Cc1nc2n(c(=O)c1CCN1CCC(c3noc4cc(F)ccc34)CC1)CCCC2O. The summed E-state index contributed by atoms with van der Waals surface area (Å²) < 4.78 is 47.0. The topological polar surface area (TPSA) is 212 Å². The highest BCUT2D eigenvalue weighted by Crippen LogP contribution is 2.35. The second-order valence-electron chi connectivity index (χ2n) is 28.3. The molecule has 19 heteroatoms. The third-order valence-electron chi connectivity index (χ3n) is 20.8. The van der Waals surface area contributed by atoms with Crippen molar-refractivity contribution in [3.8, 4) is 0 Å². The van der Waals surface area contributed by atoms with Crippen LogP contribution in [0.25, 0.3) is 21.9 Å². The van der Waals surface area contributed by atoms with Crippen LogP contribution in [0.2, 0.25) is 0 Å². The van der Waals surface area contributed by atoms with Crippen molar-refractivity contribution in [1.29, 1.82) is 0 Å². The van der Waals surface area contributed by atoms with Gasteiger partial charge < -0.3 is 33.8 Å². The van der Waals surface area contributed by atoms with Gasteiger partial charge in [-0.15, -0.1) is 0 Å². The quantitative estimate of drug-likeness (QED) is 0.0274. The number of rotatable bonds is 37. The molecule has 0 radical (unpaired) electrons. The van der Waals surface area contributed by atoms with Crippen LogP contribution in [0.1, 0.15) is 322 Å². The summed E-state index contributed by atoms with van der Waals surface area (Å²) in [6.45, 7) is 14.8. The van der Waals surface area contributed by atoms with Crippen molar-refractivity contribution in [3.05, 3.63) is 114 Å². The standard InChI is InChI=1S/C39H57FN4O4.C23H27FN4O3.C16H32O2.CH4/c1-3-4-5-6-7-8-9-10-11-12-13-14-15-18-36(45)47-34-17-16-24-44-38(34)41-29(2)32(39(44)46)23-27-43-25-21-30(22-26-43)37-33-20-19-31(40)28-35(33)48-42-37;1-14-17(23(30)28-9-2-3-19(29)22(28)25-14)8-12-27-10-6-15(7-11-27)21-18-5-4-16(24)13-20(18)31-26-21;1-2-3-4-5-6-7-8-9-10-11-12-13-14-15-16(17)18;/h19-20,28,30,34H,3-18,21-27H2,1-2H3;4-5,13,15,19,29H,2-3,6-12H2,1H3;2-15H2,1H3,(H,17,18);1H4. The molecule has 4 aliphatic heterocycles. The lowest BCUT2D eigenvalue weighted by Crippen LogP contribution is -2.38. The lowest BCUT2D eigenvalue weighted by atomic mass is 9.91. The molecule has 0 amide bonds. The van der Waals surface area contributed by atoms with Gasteiger partial charge in [0.1, 0.15) is 23.6 Å².